The van der Waals surface area contributed by atoms with Gasteiger partial charge in [-0.15, -0.1) is 0 Å². The van der Waals surface area contributed by atoms with E-state index >= 15 is 0 Å². The lowest BCUT2D eigenvalue weighted by molar-refractivity contribution is -0.926. The van der Waals surface area contributed by atoms with Gasteiger partial charge in [-0.3, -0.25) is 0 Å². The molecule has 1 aliphatic rings. The van der Waals surface area contributed by atoms with Crippen LogP contribution in [0.3, 0.4) is 0 Å². The van der Waals surface area contributed by atoms with Crippen molar-refractivity contribution in [2.24, 2.45) is 0 Å². The number of piperidine rings is 1. The predicted molar refractivity (Wildman–Crippen MR) is 93.1 cm³/mol. The van der Waals surface area contributed by atoms with Crippen LogP contribution in [-0.4, -0.2) is 41.7 Å². The molecular formula is C19H38NO2+. The molecule has 1 rings (SSSR count). The van der Waals surface area contributed by atoms with Gasteiger partial charge in [0.05, 0.1) is 19.6 Å². The number of rotatable bonds is 13. The molecule has 0 aromatic heterocycles. The lowest BCUT2D eigenvalue weighted by Crippen LogP contribution is -2.54. The Morgan fingerprint density at radius 3 is 1.82 bits per heavy atom. The quantitative estimate of drug-likeness (QED) is 0.384. The van der Waals surface area contributed by atoms with Crippen molar-refractivity contribution in [3.63, 3.8) is 0 Å². The van der Waals surface area contributed by atoms with E-state index in [2.05, 4.69) is 6.92 Å². The number of nitrogens with zero attached hydrogens (tertiary/aromatic N) is 1. The lowest BCUT2D eigenvalue weighted by atomic mass is 10.0. The first-order valence-corrected chi connectivity index (χ1v) is 9.75. The van der Waals surface area contributed by atoms with Gasteiger partial charge >= 0.3 is 5.97 Å². The van der Waals surface area contributed by atoms with Crippen molar-refractivity contribution in [2.45, 2.75) is 90.4 Å². The average Bonchev–Trinajstić information content (AvgIpc) is 2.49. The van der Waals surface area contributed by atoms with E-state index < -0.39 is 5.97 Å². The molecule has 0 amide bonds. The summed E-state index contributed by atoms with van der Waals surface area (Å²) < 4.78 is 0.854. The predicted octanol–water partition coefficient (Wildman–Crippen LogP) is 4.99. The van der Waals surface area contributed by atoms with Gasteiger partial charge in [0.15, 0.2) is 6.54 Å². The van der Waals surface area contributed by atoms with Gasteiger partial charge in [-0.05, 0) is 32.1 Å². The number of quaternary nitrogens is 1. The summed E-state index contributed by atoms with van der Waals surface area (Å²) in [5.41, 5.74) is 0. The molecule has 0 aromatic rings. The second kappa shape index (κ2) is 11.9. The van der Waals surface area contributed by atoms with Crippen molar-refractivity contribution in [3.05, 3.63) is 0 Å². The number of carboxylic acids is 1. The molecule has 1 N–H and O–H groups in total. The molecular weight excluding hydrogens is 274 g/mol. The molecule has 0 unspecified atom stereocenters. The van der Waals surface area contributed by atoms with Gasteiger partial charge < -0.3 is 9.59 Å². The van der Waals surface area contributed by atoms with E-state index in [-0.39, 0.29) is 0 Å². The summed E-state index contributed by atoms with van der Waals surface area (Å²) in [6.07, 6.45) is 17.2. The van der Waals surface area contributed by atoms with E-state index in [0.717, 1.165) is 24.1 Å². The maximum absolute atomic E-state index is 11.1. The summed E-state index contributed by atoms with van der Waals surface area (Å²) in [4.78, 5) is 11.1. The standard InChI is InChI=1S/C19H37NO2/c1-2-3-4-5-6-7-8-9-10-12-15-20(18-19(21)22)16-13-11-14-17-20/h2-18H2,1H3/p+1. The third kappa shape index (κ3) is 8.77. The molecule has 0 atom stereocenters. The van der Waals surface area contributed by atoms with Gasteiger partial charge in [0.2, 0.25) is 0 Å². The van der Waals surface area contributed by atoms with E-state index in [1.54, 1.807) is 0 Å². The first-order chi connectivity index (χ1) is 10.7. The van der Waals surface area contributed by atoms with Crippen LogP contribution in [-0.2, 0) is 4.79 Å². The summed E-state index contributed by atoms with van der Waals surface area (Å²) in [6, 6.07) is 0. The van der Waals surface area contributed by atoms with Crippen LogP contribution in [0, 0.1) is 0 Å². The molecule has 1 fully saturated rings. The smallest absolute Gasteiger partial charge is 0.359 e. The fourth-order valence-corrected chi connectivity index (χ4v) is 3.87. The summed E-state index contributed by atoms with van der Waals surface area (Å²) >= 11 is 0. The topological polar surface area (TPSA) is 37.3 Å². The minimum absolute atomic E-state index is 0.345. The van der Waals surface area contributed by atoms with Gasteiger partial charge in [-0.2, -0.15) is 0 Å². The van der Waals surface area contributed by atoms with E-state index in [9.17, 15) is 9.90 Å². The number of likely N-dealkylation sites (tertiary alicyclic amines) is 1. The molecule has 0 saturated carbocycles. The molecule has 130 valence electrons. The molecule has 1 aliphatic heterocycles. The van der Waals surface area contributed by atoms with Crippen molar-refractivity contribution in [3.8, 4) is 0 Å². The Hall–Kier alpha value is -0.570. The van der Waals surface area contributed by atoms with Crippen LogP contribution in [0.25, 0.3) is 0 Å². The van der Waals surface area contributed by atoms with E-state index in [4.69, 9.17) is 0 Å². The Kier molecular flexibility index (Phi) is 10.6. The Balaban J connectivity index is 2.04. The first kappa shape index (κ1) is 19.5. The van der Waals surface area contributed by atoms with Crippen LogP contribution in [0.5, 0.6) is 0 Å². The fourth-order valence-electron chi connectivity index (χ4n) is 3.87. The van der Waals surface area contributed by atoms with Crippen molar-refractivity contribution in [1.82, 2.24) is 0 Å². The molecule has 3 heteroatoms. The Morgan fingerprint density at radius 2 is 1.32 bits per heavy atom. The van der Waals surface area contributed by atoms with Crippen LogP contribution in [0.4, 0.5) is 0 Å². The SMILES string of the molecule is CCCCCCCCCCCC[N+]1(CC(=O)O)CCCCC1. The van der Waals surface area contributed by atoms with E-state index in [1.165, 1.54) is 83.5 Å². The van der Waals surface area contributed by atoms with Gasteiger partial charge in [0.25, 0.3) is 0 Å². The average molecular weight is 313 g/mol. The van der Waals surface area contributed by atoms with Gasteiger partial charge in [-0.25, -0.2) is 4.79 Å². The third-order valence-electron chi connectivity index (χ3n) is 5.22. The Labute approximate surface area is 137 Å². The number of hydrogen-bond acceptors (Lipinski definition) is 1. The highest BCUT2D eigenvalue weighted by atomic mass is 16.4. The Morgan fingerprint density at radius 1 is 0.818 bits per heavy atom. The summed E-state index contributed by atoms with van der Waals surface area (Å²) in [7, 11) is 0. The number of carbonyl (C=O) groups is 1. The molecule has 0 radical (unpaired) electrons. The minimum atomic E-state index is -0.617. The van der Waals surface area contributed by atoms with Crippen LogP contribution in [0.1, 0.15) is 90.4 Å². The molecule has 0 spiro atoms. The number of carboxylic acid groups (broad SMARTS) is 1. The van der Waals surface area contributed by atoms with Crippen LogP contribution in [0.2, 0.25) is 0 Å². The van der Waals surface area contributed by atoms with Crippen LogP contribution in [0.15, 0.2) is 0 Å². The van der Waals surface area contributed by atoms with Crippen molar-refractivity contribution in [1.29, 1.82) is 0 Å². The first-order valence-electron chi connectivity index (χ1n) is 9.75. The van der Waals surface area contributed by atoms with Crippen molar-refractivity contribution in [2.75, 3.05) is 26.2 Å². The molecule has 0 aromatic carbocycles. The minimum Gasteiger partial charge on any atom is -0.477 e. The Bertz CT molecular complexity index is 285. The zero-order chi connectivity index (χ0) is 16.1. The zero-order valence-electron chi connectivity index (χ0n) is 14.8. The lowest BCUT2D eigenvalue weighted by Gasteiger charge is -2.40. The maximum atomic E-state index is 11.1. The van der Waals surface area contributed by atoms with Gasteiger partial charge in [-0.1, -0.05) is 58.3 Å². The molecule has 1 saturated heterocycles. The molecule has 3 nitrogen and oxygen atoms in total. The fraction of sp³-hybridized carbons (Fsp3) is 0.947. The summed E-state index contributed by atoms with van der Waals surface area (Å²) in [5, 5.41) is 9.18. The number of aliphatic carboxylic acids is 1. The van der Waals surface area contributed by atoms with E-state index in [0.29, 0.717) is 6.54 Å². The monoisotopic (exact) mass is 312 g/mol. The number of hydrogen-bond donors (Lipinski definition) is 1. The highest BCUT2D eigenvalue weighted by molar-refractivity contribution is 5.67. The van der Waals surface area contributed by atoms with Gasteiger partial charge in [0.1, 0.15) is 0 Å². The molecule has 22 heavy (non-hydrogen) atoms. The van der Waals surface area contributed by atoms with E-state index in [1.807, 2.05) is 0 Å². The normalized spacial score (nSPS) is 17.5. The molecule has 0 bridgehead atoms. The molecule has 1 heterocycles. The third-order valence-corrected chi connectivity index (χ3v) is 5.22. The van der Waals surface area contributed by atoms with Gasteiger partial charge in [0, 0.05) is 0 Å². The summed E-state index contributed by atoms with van der Waals surface area (Å²) in [6.45, 7) is 5.87. The second-order valence-electron chi connectivity index (χ2n) is 7.31. The van der Waals surface area contributed by atoms with Crippen LogP contribution >= 0.6 is 0 Å². The van der Waals surface area contributed by atoms with Crippen LogP contribution < -0.4 is 0 Å². The number of unbranched alkanes of at least 4 members (excludes halogenated alkanes) is 9. The van der Waals surface area contributed by atoms with Crippen molar-refractivity contribution >= 4 is 5.97 Å². The van der Waals surface area contributed by atoms with Crippen molar-refractivity contribution < 1.29 is 14.4 Å². The highest BCUT2D eigenvalue weighted by Crippen LogP contribution is 2.20. The second-order valence-corrected chi connectivity index (χ2v) is 7.31. The zero-order valence-corrected chi connectivity index (χ0v) is 14.8. The highest BCUT2D eigenvalue weighted by Gasteiger charge is 2.31. The maximum Gasteiger partial charge on any atom is 0.359 e. The summed E-state index contributed by atoms with van der Waals surface area (Å²) in [5.74, 6) is -0.617. The largest absolute Gasteiger partial charge is 0.477 e. The molecule has 0 aliphatic carbocycles.